The number of carbonyl (C=O) groups excluding carboxylic acids is 1. The van der Waals surface area contributed by atoms with Crippen LogP contribution in [0.15, 0.2) is 16.6 Å². The highest BCUT2D eigenvalue weighted by Crippen LogP contribution is 2.29. The van der Waals surface area contributed by atoms with Crippen LogP contribution in [0.1, 0.15) is 45.6 Å². The van der Waals surface area contributed by atoms with E-state index in [1.165, 1.54) is 0 Å². The van der Waals surface area contributed by atoms with Gasteiger partial charge in [0.25, 0.3) is 0 Å². The van der Waals surface area contributed by atoms with Crippen LogP contribution in [0.25, 0.3) is 0 Å². The molecule has 1 aromatic carbocycles. The molecule has 1 aromatic rings. The number of halogens is 2. The average Bonchev–Trinajstić information content (AvgIpc) is 2.23. The molecule has 112 valence electrons. The summed E-state index contributed by atoms with van der Waals surface area (Å²) in [7, 11) is 0. The number of ether oxygens (including phenoxy) is 1. The first-order valence-corrected chi connectivity index (χ1v) is 7.81. The molecule has 0 atom stereocenters. The Bertz CT molecular complexity index is 460. The summed E-state index contributed by atoms with van der Waals surface area (Å²) in [4.78, 5) is 11.6. The van der Waals surface area contributed by atoms with E-state index in [1.807, 2.05) is 26.8 Å². The second-order valence-electron chi connectivity index (χ2n) is 5.76. The van der Waals surface area contributed by atoms with Crippen molar-refractivity contribution in [3.05, 3.63) is 27.2 Å². The van der Waals surface area contributed by atoms with Crippen LogP contribution in [0.5, 0.6) is 0 Å². The fraction of sp³-hybridized carbons (Fsp3) is 0.533. The number of hydrogen-bond acceptors (Lipinski definition) is 3. The molecule has 0 amide bonds. The Morgan fingerprint density at radius 3 is 2.55 bits per heavy atom. The molecule has 0 aliphatic rings. The van der Waals surface area contributed by atoms with E-state index in [0.29, 0.717) is 17.1 Å². The molecule has 3 nitrogen and oxygen atoms in total. The summed E-state index contributed by atoms with van der Waals surface area (Å²) < 4.78 is 6.18. The Morgan fingerprint density at radius 2 is 2.00 bits per heavy atom. The number of nitrogen functional groups attached to an aromatic ring is 1. The van der Waals surface area contributed by atoms with Crippen molar-refractivity contribution in [3.8, 4) is 0 Å². The van der Waals surface area contributed by atoms with Crippen LogP contribution in [0.2, 0.25) is 5.02 Å². The van der Waals surface area contributed by atoms with E-state index in [4.69, 9.17) is 22.1 Å². The van der Waals surface area contributed by atoms with Gasteiger partial charge in [0.15, 0.2) is 0 Å². The number of benzene rings is 1. The van der Waals surface area contributed by atoms with E-state index in [2.05, 4.69) is 15.9 Å². The first-order valence-electron chi connectivity index (χ1n) is 6.64. The maximum Gasteiger partial charge on any atom is 0.306 e. The quantitative estimate of drug-likeness (QED) is 0.467. The normalized spacial score (nSPS) is 11.4. The summed E-state index contributed by atoms with van der Waals surface area (Å²) >= 11 is 9.62. The summed E-state index contributed by atoms with van der Waals surface area (Å²) in [5.41, 5.74) is 6.96. The minimum absolute atomic E-state index is 0.153. The highest BCUT2D eigenvalue weighted by atomic mass is 79.9. The van der Waals surface area contributed by atoms with Gasteiger partial charge in [0, 0.05) is 21.6 Å². The van der Waals surface area contributed by atoms with Crippen LogP contribution in [-0.2, 0) is 16.0 Å². The Morgan fingerprint density at radius 1 is 1.35 bits per heavy atom. The maximum atomic E-state index is 11.6. The predicted octanol–water partition coefficient (Wildman–Crippen LogP) is 4.74. The van der Waals surface area contributed by atoms with Crippen LogP contribution in [0, 0.1) is 0 Å². The number of unbranched alkanes of at least 4 members (excludes halogenated alkanes) is 1. The van der Waals surface area contributed by atoms with Gasteiger partial charge < -0.3 is 10.5 Å². The smallest absolute Gasteiger partial charge is 0.306 e. The van der Waals surface area contributed by atoms with Crippen molar-refractivity contribution >= 4 is 39.2 Å². The molecule has 0 unspecified atom stereocenters. The zero-order valence-electron chi connectivity index (χ0n) is 12.1. The van der Waals surface area contributed by atoms with Crippen LogP contribution in [0.3, 0.4) is 0 Å². The number of hydrogen-bond donors (Lipinski definition) is 1. The lowest BCUT2D eigenvalue weighted by atomic mass is 10.1. The van der Waals surface area contributed by atoms with Gasteiger partial charge in [0.2, 0.25) is 0 Å². The first-order chi connectivity index (χ1) is 9.19. The Hall–Kier alpha value is -0.740. The number of carbonyl (C=O) groups is 1. The van der Waals surface area contributed by atoms with Gasteiger partial charge >= 0.3 is 5.97 Å². The lowest BCUT2D eigenvalue weighted by molar-refractivity contribution is -0.154. The van der Waals surface area contributed by atoms with Crippen molar-refractivity contribution < 1.29 is 9.53 Å². The Balaban J connectivity index is 2.41. The minimum atomic E-state index is -0.416. The average molecular weight is 363 g/mol. The number of nitrogens with two attached hydrogens (primary N) is 1. The van der Waals surface area contributed by atoms with Crippen molar-refractivity contribution in [2.24, 2.45) is 0 Å². The number of esters is 1. The lowest BCUT2D eigenvalue weighted by Gasteiger charge is -2.19. The van der Waals surface area contributed by atoms with Crippen molar-refractivity contribution in [3.63, 3.8) is 0 Å². The van der Waals surface area contributed by atoms with E-state index in [9.17, 15) is 4.79 Å². The molecule has 5 heteroatoms. The van der Waals surface area contributed by atoms with Crippen molar-refractivity contribution in [2.45, 2.75) is 52.1 Å². The van der Waals surface area contributed by atoms with Crippen LogP contribution in [-0.4, -0.2) is 11.6 Å². The topological polar surface area (TPSA) is 52.3 Å². The third-order valence-corrected chi connectivity index (χ3v) is 3.69. The third-order valence-electron chi connectivity index (χ3n) is 2.64. The molecule has 0 saturated carbocycles. The molecule has 0 aromatic heterocycles. The van der Waals surface area contributed by atoms with Crippen molar-refractivity contribution in [2.75, 3.05) is 5.73 Å². The molecule has 2 N–H and O–H groups in total. The van der Waals surface area contributed by atoms with E-state index in [1.54, 1.807) is 6.07 Å². The Labute approximate surface area is 134 Å². The van der Waals surface area contributed by atoms with E-state index < -0.39 is 5.60 Å². The summed E-state index contributed by atoms with van der Waals surface area (Å²) in [6, 6.07) is 3.59. The molecular formula is C15H21BrClNO2. The van der Waals surface area contributed by atoms with Crippen LogP contribution >= 0.6 is 27.5 Å². The number of rotatable bonds is 5. The fourth-order valence-electron chi connectivity index (χ4n) is 1.83. The maximum absolute atomic E-state index is 11.6. The highest BCUT2D eigenvalue weighted by molar-refractivity contribution is 9.10. The molecule has 1 rings (SSSR count). The van der Waals surface area contributed by atoms with Gasteiger partial charge in [-0.05, 0) is 57.7 Å². The molecule has 0 radical (unpaired) electrons. The van der Waals surface area contributed by atoms with Gasteiger partial charge in [-0.25, -0.2) is 0 Å². The predicted molar refractivity (Wildman–Crippen MR) is 87.0 cm³/mol. The van der Waals surface area contributed by atoms with Crippen LogP contribution < -0.4 is 5.73 Å². The fourth-order valence-corrected chi connectivity index (χ4v) is 2.94. The number of anilines is 1. The van der Waals surface area contributed by atoms with Crippen molar-refractivity contribution in [1.82, 2.24) is 0 Å². The zero-order valence-corrected chi connectivity index (χ0v) is 14.5. The molecule has 0 spiro atoms. The Kier molecular flexibility index (Phi) is 6.34. The van der Waals surface area contributed by atoms with Crippen LogP contribution in [0.4, 0.5) is 5.69 Å². The molecule has 0 heterocycles. The van der Waals surface area contributed by atoms with E-state index >= 15 is 0 Å². The summed E-state index contributed by atoms with van der Waals surface area (Å²) in [5.74, 6) is -0.153. The third kappa shape index (κ3) is 6.14. The standard InChI is InChI=1S/C15H21BrClNO2/c1-15(2,3)20-14(19)7-5-4-6-11-12(16)8-10(18)9-13(11)17/h8-9H,4-7,18H2,1-3H3. The molecule has 0 fully saturated rings. The second-order valence-corrected chi connectivity index (χ2v) is 7.02. The van der Waals surface area contributed by atoms with E-state index in [-0.39, 0.29) is 5.97 Å². The monoisotopic (exact) mass is 361 g/mol. The molecule has 0 bridgehead atoms. The summed E-state index contributed by atoms with van der Waals surface area (Å²) in [5, 5.41) is 0.661. The summed E-state index contributed by atoms with van der Waals surface area (Å²) in [6.07, 6.45) is 2.90. The van der Waals surface area contributed by atoms with Gasteiger partial charge in [-0.1, -0.05) is 27.5 Å². The molecule has 0 aliphatic heterocycles. The van der Waals surface area contributed by atoms with E-state index in [0.717, 1.165) is 29.3 Å². The van der Waals surface area contributed by atoms with Crippen molar-refractivity contribution in [1.29, 1.82) is 0 Å². The second kappa shape index (κ2) is 7.32. The zero-order chi connectivity index (χ0) is 15.3. The van der Waals surface area contributed by atoms with Gasteiger partial charge in [-0.3, -0.25) is 4.79 Å². The molecular weight excluding hydrogens is 342 g/mol. The molecule has 0 aliphatic carbocycles. The molecule has 0 saturated heterocycles. The first kappa shape index (κ1) is 17.3. The summed E-state index contributed by atoms with van der Waals surface area (Å²) in [6.45, 7) is 5.61. The van der Waals surface area contributed by atoms with Gasteiger partial charge in [0.1, 0.15) is 5.60 Å². The van der Waals surface area contributed by atoms with Gasteiger partial charge in [-0.15, -0.1) is 0 Å². The van der Waals surface area contributed by atoms with Gasteiger partial charge in [-0.2, -0.15) is 0 Å². The minimum Gasteiger partial charge on any atom is -0.460 e. The lowest BCUT2D eigenvalue weighted by Crippen LogP contribution is -2.23. The molecule has 20 heavy (non-hydrogen) atoms. The largest absolute Gasteiger partial charge is 0.460 e. The van der Waals surface area contributed by atoms with Gasteiger partial charge in [0.05, 0.1) is 0 Å². The SMILES string of the molecule is CC(C)(C)OC(=O)CCCCc1c(Cl)cc(N)cc1Br. The highest BCUT2D eigenvalue weighted by Gasteiger charge is 2.15.